The number of rotatable bonds is 9. The second kappa shape index (κ2) is 10.4. The summed E-state index contributed by atoms with van der Waals surface area (Å²) < 4.78 is 12.6. The number of anilines is 1. The number of nitrogens with one attached hydrogen (secondary N) is 1. The third kappa shape index (κ3) is 5.68. The summed E-state index contributed by atoms with van der Waals surface area (Å²) in [5, 5.41) is 12.9. The molecule has 30 heavy (non-hydrogen) atoms. The molecule has 3 rings (SSSR count). The summed E-state index contributed by atoms with van der Waals surface area (Å²) in [6.45, 7) is 3.28. The van der Waals surface area contributed by atoms with Crippen molar-refractivity contribution in [1.29, 1.82) is 0 Å². The molecule has 0 aromatic heterocycles. The lowest BCUT2D eigenvalue weighted by atomic mass is 10.1. The highest BCUT2D eigenvalue weighted by atomic mass is 79.9. The van der Waals surface area contributed by atoms with Crippen molar-refractivity contribution < 1.29 is 19.4 Å². The number of carbonyl (C=O) groups is 1. The van der Waals surface area contributed by atoms with E-state index in [1.54, 1.807) is 24.3 Å². The summed E-state index contributed by atoms with van der Waals surface area (Å²) in [6, 6.07) is 18.0. The largest absolute Gasteiger partial charge is 0.490 e. The highest BCUT2D eigenvalue weighted by molar-refractivity contribution is 9.10. The number of carboxylic acid groups (broad SMARTS) is 1. The number of hydrogen-bond donors (Lipinski definition) is 2. The van der Waals surface area contributed by atoms with Crippen molar-refractivity contribution in [3.63, 3.8) is 0 Å². The molecule has 0 aliphatic heterocycles. The first-order chi connectivity index (χ1) is 14.5. The lowest BCUT2D eigenvalue weighted by Gasteiger charge is -2.16. The highest BCUT2D eigenvalue weighted by Gasteiger charge is 2.12. The number of aromatic carboxylic acids is 1. The summed E-state index contributed by atoms with van der Waals surface area (Å²) in [4.78, 5) is 11.0. The second-order valence-electron chi connectivity index (χ2n) is 6.44. The first-order valence-corrected chi connectivity index (χ1v) is 10.5. The van der Waals surface area contributed by atoms with Crippen LogP contribution >= 0.6 is 27.5 Å². The highest BCUT2D eigenvalue weighted by Crippen LogP contribution is 2.35. The molecule has 5 nitrogen and oxygen atoms in total. The Labute approximate surface area is 188 Å². The van der Waals surface area contributed by atoms with Crippen LogP contribution in [0, 0.1) is 0 Å². The minimum Gasteiger partial charge on any atom is -0.490 e. The molecular weight excluding hydrogens is 470 g/mol. The molecule has 3 aromatic rings. The average molecular weight is 491 g/mol. The van der Waals surface area contributed by atoms with Crippen molar-refractivity contribution in [3.05, 3.63) is 86.8 Å². The van der Waals surface area contributed by atoms with Gasteiger partial charge in [0.2, 0.25) is 0 Å². The zero-order valence-corrected chi connectivity index (χ0v) is 18.7. The lowest BCUT2D eigenvalue weighted by molar-refractivity contribution is 0.0697. The maximum Gasteiger partial charge on any atom is 0.335 e. The van der Waals surface area contributed by atoms with Crippen molar-refractivity contribution in [2.24, 2.45) is 0 Å². The number of benzene rings is 3. The molecular formula is C23H21BrClNO4. The number of halogens is 2. The van der Waals surface area contributed by atoms with Crippen LogP contribution in [0.2, 0.25) is 5.02 Å². The normalized spacial score (nSPS) is 10.5. The first kappa shape index (κ1) is 22.0. The number of carboxylic acids is 1. The van der Waals surface area contributed by atoms with Gasteiger partial charge in [0.1, 0.15) is 6.61 Å². The van der Waals surface area contributed by atoms with E-state index < -0.39 is 5.97 Å². The van der Waals surface area contributed by atoms with E-state index in [-0.39, 0.29) is 5.56 Å². The lowest BCUT2D eigenvalue weighted by Crippen LogP contribution is -2.04. The van der Waals surface area contributed by atoms with Crippen molar-refractivity contribution in [2.45, 2.75) is 20.1 Å². The summed E-state index contributed by atoms with van der Waals surface area (Å²) in [7, 11) is 0. The minimum atomic E-state index is -0.946. The van der Waals surface area contributed by atoms with Gasteiger partial charge >= 0.3 is 5.97 Å². The van der Waals surface area contributed by atoms with Gasteiger partial charge in [0.05, 0.1) is 12.2 Å². The molecule has 0 aliphatic carbocycles. The molecule has 0 spiro atoms. The predicted octanol–water partition coefficient (Wildman–Crippen LogP) is 6.39. The molecule has 0 unspecified atom stereocenters. The van der Waals surface area contributed by atoms with Crippen LogP contribution in [-0.2, 0) is 13.2 Å². The fourth-order valence-corrected chi connectivity index (χ4v) is 3.45. The fraction of sp³-hybridized carbons (Fsp3) is 0.174. The first-order valence-electron chi connectivity index (χ1n) is 9.36. The maximum absolute atomic E-state index is 11.0. The molecule has 0 amide bonds. The van der Waals surface area contributed by atoms with E-state index in [1.807, 2.05) is 43.3 Å². The molecule has 156 valence electrons. The second-order valence-corrected chi connectivity index (χ2v) is 7.70. The van der Waals surface area contributed by atoms with Gasteiger partial charge in [0.25, 0.3) is 0 Å². The van der Waals surface area contributed by atoms with E-state index in [2.05, 4.69) is 21.2 Å². The summed E-state index contributed by atoms with van der Waals surface area (Å²) in [5.74, 6) is 0.321. The van der Waals surface area contributed by atoms with Gasteiger partial charge in [-0.25, -0.2) is 4.79 Å². The van der Waals surface area contributed by atoms with Crippen LogP contribution in [0.25, 0.3) is 0 Å². The Morgan fingerprint density at radius 1 is 1.03 bits per heavy atom. The average Bonchev–Trinajstić information content (AvgIpc) is 2.74. The van der Waals surface area contributed by atoms with Gasteiger partial charge in [-0.1, -0.05) is 45.7 Å². The Bertz CT molecular complexity index is 1020. The Hall–Kier alpha value is -2.70. The summed E-state index contributed by atoms with van der Waals surface area (Å²) >= 11 is 9.81. The van der Waals surface area contributed by atoms with Gasteiger partial charge in [-0.05, 0) is 55.0 Å². The molecule has 0 radical (unpaired) electrons. The van der Waals surface area contributed by atoms with Crippen LogP contribution in [0.3, 0.4) is 0 Å². The minimum absolute atomic E-state index is 0.250. The smallest absolute Gasteiger partial charge is 0.335 e. The zero-order chi connectivity index (χ0) is 21.5. The maximum atomic E-state index is 11.0. The fourth-order valence-electron chi connectivity index (χ4n) is 2.79. The van der Waals surface area contributed by atoms with Crippen molar-refractivity contribution in [1.82, 2.24) is 0 Å². The Balaban J connectivity index is 1.73. The van der Waals surface area contributed by atoms with Crippen LogP contribution in [0.15, 0.2) is 65.1 Å². The molecule has 0 fully saturated rings. The zero-order valence-electron chi connectivity index (χ0n) is 16.3. The molecule has 0 saturated heterocycles. The molecule has 7 heteroatoms. The van der Waals surface area contributed by atoms with Gasteiger partial charge in [-0.15, -0.1) is 0 Å². The standard InChI is InChI=1S/C23H21BrClNO4/c1-2-29-21-11-17(13-26-18-9-7-15(8-10-18)23(27)28)19(24)12-22(21)30-14-16-5-3-4-6-20(16)25/h3-12,26H,2,13-14H2,1H3,(H,27,28). The number of hydrogen-bond acceptors (Lipinski definition) is 4. The Kier molecular flexibility index (Phi) is 7.60. The molecule has 0 saturated carbocycles. The van der Waals surface area contributed by atoms with Crippen LogP contribution in [0.4, 0.5) is 5.69 Å². The molecule has 0 aliphatic rings. The van der Waals surface area contributed by atoms with Gasteiger partial charge in [0.15, 0.2) is 11.5 Å². The third-order valence-corrected chi connectivity index (χ3v) is 5.48. The van der Waals surface area contributed by atoms with Crippen molar-refractivity contribution >= 4 is 39.2 Å². The molecule has 2 N–H and O–H groups in total. The van der Waals surface area contributed by atoms with Crippen LogP contribution < -0.4 is 14.8 Å². The van der Waals surface area contributed by atoms with Crippen molar-refractivity contribution in [2.75, 3.05) is 11.9 Å². The SMILES string of the molecule is CCOc1cc(CNc2ccc(C(=O)O)cc2)c(Br)cc1OCc1ccccc1Cl. The van der Waals surface area contributed by atoms with Crippen LogP contribution in [-0.4, -0.2) is 17.7 Å². The monoisotopic (exact) mass is 489 g/mol. The molecule has 0 heterocycles. The quantitative estimate of drug-likeness (QED) is 0.364. The topological polar surface area (TPSA) is 67.8 Å². The van der Waals surface area contributed by atoms with Gasteiger partial charge in [-0.2, -0.15) is 0 Å². The predicted molar refractivity (Wildman–Crippen MR) is 122 cm³/mol. The Morgan fingerprint density at radius 2 is 1.73 bits per heavy atom. The number of ether oxygens (including phenoxy) is 2. The van der Waals surface area contributed by atoms with E-state index in [9.17, 15) is 4.79 Å². The van der Waals surface area contributed by atoms with Crippen LogP contribution in [0.1, 0.15) is 28.4 Å². The van der Waals surface area contributed by atoms with E-state index in [0.29, 0.717) is 36.3 Å². The molecule has 0 atom stereocenters. The third-order valence-electron chi connectivity index (χ3n) is 4.37. The summed E-state index contributed by atoms with van der Waals surface area (Å²) in [6.07, 6.45) is 0. The van der Waals surface area contributed by atoms with Crippen molar-refractivity contribution in [3.8, 4) is 11.5 Å². The van der Waals surface area contributed by atoms with E-state index in [4.69, 9.17) is 26.2 Å². The molecule has 0 bridgehead atoms. The van der Waals surface area contributed by atoms with E-state index in [0.717, 1.165) is 21.3 Å². The van der Waals surface area contributed by atoms with E-state index in [1.165, 1.54) is 0 Å². The van der Waals surface area contributed by atoms with Crippen LogP contribution in [0.5, 0.6) is 11.5 Å². The van der Waals surface area contributed by atoms with Gasteiger partial charge in [0, 0.05) is 27.3 Å². The van der Waals surface area contributed by atoms with E-state index >= 15 is 0 Å². The molecule has 3 aromatic carbocycles. The van der Waals surface area contributed by atoms with Gasteiger partial charge < -0.3 is 19.9 Å². The Morgan fingerprint density at radius 3 is 2.40 bits per heavy atom. The van der Waals surface area contributed by atoms with Gasteiger partial charge in [-0.3, -0.25) is 0 Å². The summed E-state index contributed by atoms with van der Waals surface area (Å²) in [5.41, 5.74) is 2.95.